The molecule has 8 heteroatoms. The third kappa shape index (κ3) is 7.40. The molecule has 0 spiro atoms. The fraction of sp³-hybridized carbons (Fsp3) is 0.294. The van der Waals surface area contributed by atoms with Crippen LogP contribution in [0.3, 0.4) is 0 Å². The smallest absolute Gasteiger partial charge is 0.414 e. The van der Waals surface area contributed by atoms with Crippen LogP contribution < -0.4 is 14.8 Å². The van der Waals surface area contributed by atoms with Crippen LogP contribution in [0.1, 0.15) is 11.3 Å². The van der Waals surface area contributed by atoms with Crippen molar-refractivity contribution in [3.8, 4) is 11.5 Å². The summed E-state index contributed by atoms with van der Waals surface area (Å²) in [4.78, 5) is 18.2. The van der Waals surface area contributed by atoms with Gasteiger partial charge in [-0.3, -0.25) is 0 Å². The highest BCUT2D eigenvalue weighted by Gasteiger charge is 2.05. The maximum atomic E-state index is 9.10. The molecule has 0 fully saturated rings. The molecule has 0 unspecified atom stereocenters. The van der Waals surface area contributed by atoms with Gasteiger partial charge in [0.15, 0.2) is 11.5 Å². The standard InChI is InChI=1S/C15H19NO3.C2H2O4/c1-17-14-6-5-12(10-15(14)18-2)7-8-16-11-13-4-3-9-19-13;3-1(4)2(5)6/h3-6,9-10,16H,7-8,11H2,1-2H3;(H,3,4)(H,5,6). The number of furan rings is 1. The topological polar surface area (TPSA) is 118 Å². The second-order valence-electron chi connectivity index (χ2n) is 4.81. The molecule has 0 radical (unpaired) electrons. The Bertz CT molecular complexity index is 656. The highest BCUT2D eigenvalue weighted by atomic mass is 16.5. The first kappa shape index (κ1) is 20.0. The Morgan fingerprint density at radius 3 is 2.28 bits per heavy atom. The van der Waals surface area contributed by atoms with E-state index in [-0.39, 0.29) is 0 Å². The monoisotopic (exact) mass is 351 g/mol. The van der Waals surface area contributed by atoms with Crippen molar-refractivity contribution in [3.63, 3.8) is 0 Å². The van der Waals surface area contributed by atoms with Crippen molar-refractivity contribution >= 4 is 11.9 Å². The number of hydrogen-bond donors (Lipinski definition) is 3. The summed E-state index contributed by atoms with van der Waals surface area (Å²) < 4.78 is 15.7. The predicted molar refractivity (Wildman–Crippen MR) is 88.9 cm³/mol. The van der Waals surface area contributed by atoms with E-state index >= 15 is 0 Å². The molecule has 1 aromatic heterocycles. The van der Waals surface area contributed by atoms with Crippen LogP contribution in [0.5, 0.6) is 11.5 Å². The zero-order valence-corrected chi connectivity index (χ0v) is 14.0. The lowest BCUT2D eigenvalue weighted by Crippen LogP contribution is -2.16. The number of nitrogens with one attached hydrogen (secondary N) is 1. The van der Waals surface area contributed by atoms with E-state index in [4.69, 9.17) is 33.7 Å². The number of carboxylic acid groups (broad SMARTS) is 2. The summed E-state index contributed by atoms with van der Waals surface area (Å²) in [5, 5.41) is 18.1. The van der Waals surface area contributed by atoms with Gasteiger partial charge in [-0.2, -0.15) is 0 Å². The van der Waals surface area contributed by atoms with Crippen LogP contribution in [0.15, 0.2) is 41.0 Å². The summed E-state index contributed by atoms with van der Waals surface area (Å²) in [5.74, 6) is -1.17. The largest absolute Gasteiger partial charge is 0.493 e. The first-order valence-electron chi connectivity index (χ1n) is 7.38. The van der Waals surface area contributed by atoms with Gasteiger partial charge in [-0.25, -0.2) is 9.59 Å². The van der Waals surface area contributed by atoms with Crippen LogP contribution in [0.25, 0.3) is 0 Å². The fourth-order valence-electron chi connectivity index (χ4n) is 1.89. The second-order valence-corrected chi connectivity index (χ2v) is 4.81. The minimum atomic E-state index is -1.82. The number of benzene rings is 1. The summed E-state index contributed by atoms with van der Waals surface area (Å²) in [6, 6.07) is 9.85. The SMILES string of the molecule is COc1ccc(CCNCc2ccco2)cc1OC.O=C(O)C(=O)O. The Morgan fingerprint density at radius 2 is 1.76 bits per heavy atom. The van der Waals surface area contributed by atoms with E-state index in [1.165, 1.54) is 5.56 Å². The molecule has 2 aromatic rings. The van der Waals surface area contributed by atoms with E-state index < -0.39 is 11.9 Å². The van der Waals surface area contributed by atoms with Crippen molar-refractivity contribution in [3.05, 3.63) is 47.9 Å². The van der Waals surface area contributed by atoms with Crippen LogP contribution in [-0.4, -0.2) is 42.9 Å². The molecule has 0 amide bonds. The summed E-state index contributed by atoms with van der Waals surface area (Å²) in [6.45, 7) is 1.64. The van der Waals surface area contributed by atoms with Gasteiger partial charge < -0.3 is 29.4 Å². The predicted octanol–water partition coefficient (Wildman–Crippen LogP) is 1.78. The van der Waals surface area contributed by atoms with Crippen molar-refractivity contribution in [1.29, 1.82) is 0 Å². The average molecular weight is 351 g/mol. The summed E-state index contributed by atoms with van der Waals surface area (Å²) in [6.07, 6.45) is 2.62. The Morgan fingerprint density at radius 1 is 1.08 bits per heavy atom. The maximum Gasteiger partial charge on any atom is 0.414 e. The summed E-state index contributed by atoms with van der Waals surface area (Å²) >= 11 is 0. The van der Waals surface area contributed by atoms with Gasteiger partial charge in [-0.05, 0) is 42.8 Å². The molecule has 0 aliphatic rings. The van der Waals surface area contributed by atoms with Crippen molar-refractivity contribution in [2.24, 2.45) is 0 Å². The molecule has 1 aromatic carbocycles. The lowest BCUT2D eigenvalue weighted by molar-refractivity contribution is -0.159. The minimum Gasteiger partial charge on any atom is -0.493 e. The minimum absolute atomic E-state index is 0.750. The molecule has 0 bridgehead atoms. The Kier molecular flexibility index (Phi) is 8.59. The van der Waals surface area contributed by atoms with E-state index in [9.17, 15) is 0 Å². The zero-order chi connectivity index (χ0) is 18.7. The average Bonchev–Trinajstić information content (AvgIpc) is 3.12. The molecule has 0 atom stereocenters. The highest BCUT2D eigenvalue weighted by molar-refractivity contribution is 6.27. The number of carbonyl (C=O) groups is 2. The van der Waals surface area contributed by atoms with Gasteiger partial charge in [0, 0.05) is 0 Å². The van der Waals surface area contributed by atoms with Gasteiger partial charge in [0.2, 0.25) is 0 Å². The van der Waals surface area contributed by atoms with E-state index in [2.05, 4.69) is 11.4 Å². The lowest BCUT2D eigenvalue weighted by Gasteiger charge is -2.09. The number of rotatable bonds is 7. The third-order valence-electron chi connectivity index (χ3n) is 3.10. The number of carboxylic acids is 2. The number of hydrogen-bond acceptors (Lipinski definition) is 6. The van der Waals surface area contributed by atoms with Gasteiger partial charge in [0.25, 0.3) is 0 Å². The molecular weight excluding hydrogens is 330 g/mol. The van der Waals surface area contributed by atoms with E-state index in [1.54, 1.807) is 20.5 Å². The van der Waals surface area contributed by atoms with Gasteiger partial charge in [0.05, 0.1) is 27.0 Å². The summed E-state index contributed by atoms with van der Waals surface area (Å²) in [5.41, 5.74) is 1.21. The van der Waals surface area contributed by atoms with Gasteiger partial charge in [-0.15, -0.1) is 0 Å². The van der Waals surface area contributed by atoms with E-state index in [0.717, 1.165) is 36.8 Å². The first-order valence-corrected chi connectivity index (χ1v) is 7.38. The van der Waals surface area contributed by atoms with Crippen molar-refractivity contribution < 1.29 is 33.7 Å². The lowest BCUT2D eigenvalue weighted by atomic mass is 10.1. The Hall–Kier alpha value is -3.00. The normalized spacial score (nSPS) is 9.68. The molecule has 0 aliphatic heterocycles. The molecule has 136 valence electrons. The molecule has 25 heavy (non-hydrogen) atoms. The van der Waals surface area contributed by atoms with Crippen molar-refractivity contribution in [2.45, 2.75) is 13.0 Å². The molecule has 1 heterocycles. The molecule has 0 saturated carbocycles. The van der Waals surface area contributed by atoms with Crippen LogP contribution >= 0.6 is 0 Å². The summed E-state index contributed by atoms with van der Waals surface area (Å²) in [7, 11) is 3.29. The van der Waals surface area contributed by atoms with Crippen LogP contribution in [0.4, 0.5) is 0 Å². The quantitative estimate of drug-likeness (QED) is 0.510. The van der Waals surface area contributed by atoms with E-state index in [0.29, 0.717) is 0 Å². The number of methoxy groups -OCH3 is 2. The van der Waals surface area contributed by atoms with Gasteiger partial charge in [0.1, 0.15) is 5.76 Å². The third-order valence-corrected chi connectivity index (χ3v) is 3.10. The van der Waals surface area contributed by atoms with Gasteiger partial charge >= 0.3 is 11.9 Å². The van der Waals surface area contributed by atoms with E-state index in [1.807, 2.05) is 24.3 Å². The molecular formula is C17H21NO7. The van der Waals surface area contributed by atoms with Crippen molar-refractivity contribution in [1.82, 2.24) is 5.32 Å². The molecule has 3 N–H and O–H groups in total. The Labute approximate surface area is 145 Å². The van der Waals surface area contributed by atoms with Crippen LogP contribution in [-0.2, 0) is 22.6 Å². The Balaban J connectivity index is 0.000000450. The molecule has 0 saturated heterocycles. The van der Waals surface area contributed by atoms with Gasteiger partial charge in [-0.1, -0.05) is 6.07 Å². The fourth-order valence-corrected chi connectivity index (χ4v) is 1.89. The second kappa shape index (κ2) is 10.7. The first-order chi connectivity index (χ1) is 12.0. The highest BCUT2D eigenvalue weighted by Crippen LogP contribution is 2.27. The molecule has 0 aliphatic carbocycles. The van der Waals surface area contributed by atoms with Crippen LogP contribution in [0, 0.1) is 0 Å². The maximum absolute atomic E-state index is 9.10. The molecule has 8 nitrogen and oxygen atoms in total. The number of ether oxygens (including phenoxy) is 2. The molecule has 2 rings (SSSR count). The van der Waals surface area contributed by atoms with Crippen LogP contribution in [0.2, 0.25) is 0 Å². The van der Waals surface area contributed by atoms with Crippen molar-refractivity contribution in [2.75, 3.05) is 20.8 Å². The number of aliphatic carboxylic acids is 2. The zero-order valence-electron chi connectivity index (χ0n) is 14.0.